The van der Waals surface area contributed by atoms with Gasteiger partial charge in [-0.25, -0.2) is 14.6 Å². The lowest BCUT2D eigenvalue weighted by molar-refractivity contribution is -0.120. The molecule has 0 aliphatic carbocycles. The number of aromatic nitrogens is 4. The second-order valence-electron chi connectivity index (χ2n) is 6.88. The molecule has 0 aliphatic heterocycles. The summed E-state index contributed by atoms with van der Waals surface area (Å²) >= 11 is 7.51. The summed E-state index contributed by atoms with van der Waals surface area (Å²) in [6.45, 7) is 4.32. The normalized spacial score (nSPS) is 11.1. The first-order valence-corrected chi connectivity index (χ1v) is 11.6. The van der Waals surface area contributed by atoms with Gasteiger partial charge in [0.2, 0.25) is 5.91 Å². The van der Waals surface area contributed by atoms with Gasteiger partial charge in [-0.15, -0.1) is 0 Å². The Hall–Kier alpha value is -2.36. The molecule has 0 saturated carbocycles. The van der Waals surface area contributed by atoms with Crippen LogP contribution in [0.1, 0.15) is 18.9 Å². The number of nitrogens with zero attached hydrogens (tertiary/aromatic N) is 4. The number of hydrogen-bond donors (Lipinski definition) is 2. The van der Waals surface area contributed by atoms with Gasteiger partial charge in [0.05, 0.1) is 31.2 Å². The van der Waals surface area contributed by atoms with Crippen molar-refractivity contribution in [1.29, 1.82) is 0 Å². The smallest absolute Gasteiger partial charge is 0.224 e. The van der Waals surface area contributed by atoms with E-state index in [1.54, 1.807) is 41.9 Å². The van der Waals surface area contributed by atoms with E-state index in [9.17, 15) is 4.79 Å². The number of carbonyl (C=O) groups is 1. The van der Waals surface area contributed by atoms with Crippen LogP contribution < -0.4 is 10.6 Å². The van der Waals surface area contributed by atoms with Crippen molar-refractivity contribution in [3.8, 4) is 0 Å². The van der Waals surface area contributed by atoms with Gasteiger partial charge >= 0.3 is 0 Å². The number of anilines is 1. The van der Waals surface area contributed by atoms with Crippen LogP contribution in [0.4, 0.5) is 5.82 Å². The van der Waals surface area contributed by atoms with E-state index in [2.05, 4.69) is 27.6 Å². The van der Waals surface area contributed by atoms with Crippen LogP contribution in [0.15, 0.2) is 35.6 Å². The van der Waals surface area contributed by atoms with E-state index >= 15 is 0 Å². The van der Waals surface area contributed by atoms with E-state index in [4.69, 9.17) is 21.3 Å². The SMILES string of the molecule is CCCSc1nc(NCCOC)c2cnn(CCNC(=O)Cc3ccc(Cl)cc3)c2n1. The molecule has 0 spiro atoms. The Kier molecular flexibility index (Phi) is 8.93. The largest absolute Gasteiger partial charge is 0.383 e. The second-order valence-corrected chi connectivity index (χ2v) is 8.38. The van der Waals surface area contributed by atoms with Crippen LogP contribution >= 0.6 is 23.4 Å². The first kappa shape index (κ1) is 23.3. The number of carbonyl (C=O) groups excluding carboxylic acids is 1. The molecule has 2 aromatic heterocycles. The van der Waals surface area contributed by atoms with E-state index in [0.29, 0.717) is 42.8 Å². The number of ether oxygens (including phenoxy) is 1. The van der Waals surface area contributed by atoms with Crippen LogP contribution in [0.5, 0.6) is 0 Å². The molecule has 0 atom stereocenters. The minimum atomic E-state index is -0.0467. The molecule has 2 N–H and O–H groups in total. The number of methoxy groups -OCH3 is 1. The van der Waals surface area contributed by atoms with Crippen molar-refractivity contribution < 1.29 is 9.53 Å². The van der Waals surface area contributed by atoms with Crippen LogP contribution in [0, 0.1) is 0 Å². The Labute approximate surface area is 191 Å². The Bertz CT molecular complexity index is 995. The number of fused-ring (bicyclic) bond motifs is 1. The van der Waals surface area contributed by atoms with E-state index < -0.39 is 0 Å². The molecule has 1 aromatic carbocycles. The Balaban J connectivity index is 1.65. The number of thioether (sulfide) groups is 1. The number of hydrogen-bond acceptors (Lipinski definition) is 7. The van der Waals surface area contributed by atoms with Crippen LogP contribution in [-0.4, -0.2) is 58.2 Å². The molecule has 3 aromatic rings. The molecule has 31 heavy (non-hydrogen) atoms. The Morgan fingerprint density at radius 2 is 2.03 bits per heavy atom. The average molecular weight is 463 g/mol. The first-order chi connectivity index (χ1) is 15.1. The minimum Gasteiger partial charge on any atom is -0.383 e. The molecular weight excluding hydrogens is 436 g/mol. The maximum Gasteiger partial charge on any atom is 0.224 e. The molecular formula is C21H27ClN6O2S. The highest BCUT2D eigenvalue weighted by Gasteiger charge is 2.13. The summed E-state index contributed by atoms with van der Waals surface area (Å²) < 4.78 is 6.92. The van der Waals surface area contributed by atoms with Gasteiger partial charge < -0.3 is 15.4 Å². The third-order valence-electron chi connectivity index (χ3n) is 4.43. The van der Waals surface area contributed by atoms with Gasteiger partial charge in [0.1, 0.15) is 5.82 Å². The maximum atomic E-state index is 12.2. The quantitative estimate of drug-likeness (QED) is 0.242. The van der Waals surface area contributed by atoms with Gasteiger partial charge in [0, 0.05) is 31.0 Å². The summed E-state index contributed by atoms with van der Waals surface area (Å²) in [5.41, 5.74) is 1.67. The summed E-state index contributed by atoms with van der Waals surface area (Å²) in [5.74, 6) is 1.64. The average Bonchev–Trinajstić information content (AvgIpc) is 3.17. The molecule has 1 amide bonds. The van der Waals surface area contributed by atoms with Crippen molar-refractivity contribution in [1.82, 2.24) is 25.1 Å². The molecule has 0 radical (unpaired) electrons. The van der Waals surface area contributed by atoms with Gasteiger partial charge in [-0.05, 0) is 24.1 Å². The highest BCUT2D eigenvalue weighted by molar-refractivity contribution is 7.99. The van der Waals surface area contributed by atoms with Crippen molar-refractivity contribution in [3.05, 3.63) is 41.0 Å². The van der Waals surface area contributed by atoms with E-state index in [-0.39, 0.29) is 5.91 Å². The van der Waals surface area contributed by atoms with Gasteiger partial charge in [-0.2, -0.15) is 5.10 Å². The molecule has 3 rings (SSSR count). The predicted molar refractivity (Wildman–Crippen MR) is 125 cm³/mol. The van der Waals surface area contributed by atoms with Crippen molar-refractivity contribution in [2.45, 2.75) is 31.5 Å². The molecule has 166 valence electrons. The second kappa shape index (κ2) is 11.9. The zero-order valence-corrected chi connectivity index (χ0v) is 19.3. The Morgan fingerprint density at radius 3 is 2.77 bits per heavy atom. The maximum absolute atomic E-state index is 12.2. The van der Waals surface area contributed by atoms with Crippen molar-refractivity contribution >= 4 is 46.1 Å². The van der Waals surface area contributed by atoms with Crippen LogP contribution in [0.2, 0.25) is 5.02 Å². The predicted octanol–water partition coefficient (Wildman–Crippen LogP) is 3.40. The highest BCUT2D eigenvalue weighted by atomic mass is 35.5. The fourth-order valence-electron chi connectivity index (χ4n) is 2.91. The van der Waals surface area contributed by atoms with E-state index in [1.807, 2.05) is 12.1 Å². The van der Waals surface area contributed by atoms with Crippen LogP contribution in [0.3, 0.4) is 0 Å². The highest BCUT2D eigenvalue weighted by Crippen LogP contribution is 2.24. The van der Waals surface area contributed by atoms with Gasteiger partial charge in [0.15, 0.2) is 10.8 Å². The minimum absolute atomic E-state index is 0.0467. The number of halogens is 1. The molecule has 8 nitrogen and oxygen atoms in total. The number of amides is 1. The molecule has 0 unspecified atom stereocenters. The lowest BCUT2D eigenvalue weighted by atomic mass is 10.1. The summed E-state index contributed by atoms with van der Waals surface area (Å²) in [7, 11) is 1.67. The molecule has 0 aliphatic rings. The molecule has 0 saturated heterocycles. The fraction of sp³-hybridized carbons (Fsp3) is 0.429. The van der Waals surface area contributed by atoms with Crippen molar-refractivity contribution in [2.75, 3.05) is 37.9 Å². The first-order valence-electron chi connectivity index (χ1n) is 10.2. The van der Waals surface area contributed by atoms with Gasteiger partial charge in [-0.3, -0.25) is 4.79 Å². The van der Waals surface area contributed by atoms with Crippen LogP contribution in [-0.2, 0) is 22.5 Å². The molecule has 10 heteroatoms. The van der Waals surface area contributed by atoms with E-state index in [0.717, 1.165) is 34.6 Å². The lowest BCUT2D eigenvalue weighted by Crippen LogP contribution is -2.28. The fourth-order valence-corrected chi connectivity index (χ4v) is 3.73. The van der Waals surface area contributed by atoms with Gasteiger partial charge in [0.25, 0.3) is 0 Å². The van der Waals surface area contributed by atoms with Gasteiger partial charge in [-0.1, -0.05) is 42.4 Å². The number of rotatable bonds is 12. The van der Waals surface area contributed by atoms with Crippen LogP contribution in [0.25, 0.3) is 11.0 Å². The van der Waals surface area contributed by atoms with E-state index in [1.165, 1.54) is 0 Å². The third kappa shape index (κ3) is 6.81. The summed E-state index contributed by atoms with van der Waals surface area (Å²) in [5, 5.41) is 12.9. The zero-order chi connectivity index (χ0) is 22.1. The topological polar surface area (TPSA) is 94.0 Å². The third-order valence-corrected chi connectivity index (χ3v) is 5.74. The molecule has 0 fully saturated rings. The number of benzene rings is 1. The Morgan fingerprint density at radius 1 is 1.23 bits per heavy atom. The summed E-state index contributed by atoms with van der Waals surface area (Å²) in [4.78, 5) is 21.6. The standard InChI is InChI=1S/C21H27ClN6O2S/c1-3-12-31-21-26-19(24-9-11-30-2)17-14-25-28(20(17)27-21)10-8-23-18(29)13-15-4-6-16(22)7-5-15/h4-7,14H,3,8-13H2,1-2H3,(H,23,29)(H,24,26,27). The summed E-state index contributed by atoms with van der Waals surface area (Å²) in [6.07, 6.45) is 3.11. The summed E-state index contributed by atoms with van der Waals surface area (Å²) in [6, 6.07) is 7.28. The van der Waals surface area contributed by atoms with Crippen molar-refractivity contribution in [3.63, 3.8) is 0 Å². The zero-order valence-electron chi connectivity index (χ0n) is 17.7. The molecule has 2 heterocycles. The lowest BCUT2D eigenvalue weighted by Gasteiger charge is -2.10. The monoisotopic (exact) mass is 462 g/mol. The number of nitrogens with one attached hydrogen (secondary N) is 2. The van der Waals surface area contributed by atoms with Crippen molar-refractivity contribution in [2.24, 2.45) is 0 Å². The molecule has 0 bridgehead atoms.